The van der Waals surface area contributed by atoms with E-state index in [9.17, 15) is 23.4 Å². The van der Waals surface area contributed by atoms with Gasteiger partial charge in [-0.15, -0.1) is 11.8 Å². The number of halogens is 5. The Morgan fingerprint density at radius 3 is 2.19 bits per heavy atom. The summed E-state index contributed by atoms with van der Waals surface area (Å²) in [6.45, 7) is 8.63. The van der Waals surface area contributed by atoms with Crippen LogP contribution in [0.5, 0.6) is 0 Å². The molecule has 0 bridgehead atoms. The Morgan fingerprint density at radius 2 is 1.58 bits per heavy atom. The fourth-order valence-corrected chi connectivity index (χ4v) is 9.93. The Kier molecular flexibility index (Phi) is 7.50. The van der Waals surface area contributed by atoms with Crippen LogP contribution in [0.1, 0.15) is 90.5 Å². The number of rotatable bonds is 4. The van der Waals surface area contributed by atoms with Gasteiger partial charge in [0, 0.05) is 34.5 Å². The van der Waals surface area contributed by atoms with Crippen LogP contribution in [0.3, 0.4) is 0 Å². The Morgan fingerprint density at radius 1 is 0.930 bits per heavy atom. The highest BCUT2D eigenvalue weighted by Gasteiger charge is 2.79. The minimum Gasteiger partial charge on any atom is -0.385 e. The standard InChI is InChI=1S/C33H43F5O4S/c1-5-43-21-8-6-20(7-9-21)23-16-28(4)24(12-15-31(28,40)32(34,35)33(36,37)38)22-10-13-29(39)17-30(14-11-25(29)26(22)23)41-18-27(2,3)19-42-30/h6-9,22-24,39-40H,5,10-19H2,1-4H3/t22?,23-,24?,28+,29-,31+/m1/s1. The van der Waals surface area contributed by atoms with Crippen molar-refractivity contribution in [1.82, 2.24) is 0 Å². The van der Waals surface area contributed by atoms with E-state index in [0.29, 0.717) is 38.9 Å². The third-order valence-electron chi connectivity index (χ3n) is 11.5. The number of alkyl halides is 5. The van der Waals surface area contributed by atoms with E-state index in [1.807, 2.05) is 31.2 Å². The van der Waals surface area contributed by atoms with Crippen LogP contribution in [0.15, 0.2) is 40.3 Å². The molecule has 4 aliphatic carbocycles. The molecular weight excluding hydrogens is 587 g/mol. The van der Waals surface area contributed by atoms with Crippen molar-refractivity contribution in [3.8, 4) is 0 Å². The van der Waals surface area contributed by atoms with Gasteiger partial charge in [-0.05, 0) is 79.4 Å². The average molecular weight is 631 g/mol. The lowest BCUT2D eigenvalue weighted by atomic mass is 9.49. The van der Waals surface area contributed by atoms with Crippen molar-refractivity contribution in [1.29, 1.82) is 0 Å². The molecule has 1 aliphatic heterocycles. The van der Waals surface area contributed by atoms with Crippen LogP contribution in [-0.4, -0.2) is 58.3 Å². The van der Waals surface area contributed by atoms with Crippen molar-refractivity contribution in [3.63, 3.8) is 0 Å². The Hall–Kier alpha value is -1.20. The molecule has 1 aromatic rings. The molecule has 1 aromatic carbocycles. The van der Waals surface area contributed by atoms with Gasteiger partial charge in [0.15, 0.2) is 5.79 Å². The summed E-state index contributed by atoms with van der Waals surface area (Å²) in [6.07, 6.45) is -4.41. The van der Waals surface area contributed by atoms with Gasteiger partial charge in [0.2, 0.25) is 0 Å². The summed E-state index contributed by atoms with van der Waals surface area (Å²) in [4.78, 5) is 1.04. The molecule has 1 heterocycles. The minimum atomic E-state index is -5.87. The van der Waals surface area contributed by atoms with Gasteiger partial charge >= 0.3 is 12.1 Å². The SMILES string of the molecule is CCSc1ccc([C@H]2C[C@@]3(C)C(CC[C@@]3(O)C(F)(F)C(F)(F)F)C3CC[C@@]4(O)CC5(CCC4=C32)OCC(C)(C)CO5)cc1. The first-order chi connectivity index (χ1) is 19.9. The zero-order valence-electron chi connectivity index (χ0n) is 25.3. The predicted octanol–water partition coefficient (Wildman–Crippen LogP) is 8.02. The van der Waals surface area contributed by atoms with Crippen molar-refractivity contribution in [2.24, 2.45) is 22.7 Å². The number of benzene rings is 1. The number of hydrogen-bond acceptors (Lipinski definition) is 5. The summed E-state index contributed by atoms with van der Waals surface area (Å²) in [5.41, 5.74) is -3.62. The van der Waals surface area contributed by atoms with E-state index in [4.69, 9.17) is 9.47 Å². The number of allylic oxidation sites excluding steroid dienone is 1. The topological polar surface area (TPSA) is 58.9 Å². The maximum atomic E-state index is 15.3. The van der Waals surface area contributed by atoms with E-state index in [1.165, 1.54) is 6.92 Å². The lowest BCUT2D eigenvalue weighted by Gasteiger charge is -2.59. The summed E-state index contributed by atoms with van der Waals surface area (Å²) < 4.78 is 84.6. The molecule has 10 heteroatoms. The Bertz CT molecular complexity index is 1270. The van der Waals surface area contributed by atoms with Gasteiger partial charge in [0.1, 0.15) is 5.60 Å². The first kappa shape index (κ1) is 31.8. The molecule has 1 spiro atoms. The van der Waals surface area contributed by atoms with Gasteiger partial charge in [-0.1, -0.05) is 45.4 Å². The largest absolute Gasteiger partial charge is 0.456 e. The van der Waals surface area contributed by atoms with Crippen molar-refractivity contribution in [3.05, 3.63) is 41.0 Å². The zero-order chi connectivity index (χ0) is 31.3. The molecule has 0 radical (unpaired) electrons. The highest BCUT2D eigenvalue weighted by Crippen LogP contribution is 2.71. The molecule has 240 valence electrons. The highest BCUT2D eigenvalue weighted by atomic mass is 32.2. The Balaban J connectivity index is 1.45. The van der Waals surface area contributed by atoms with Gasteiger partial charge in [0.25, 0.3) is 0 Å². The average Bonchev–Trinajstić information content (AvgIpc) is 3.21. The van der Waals surface area contributed by atoms with E-state index in [1.54, 1.807) is 11.8 Å². The van der Waals surface area contributed by atoms with Gasteiger partial charge in [-0.3, -0.25) is 0 Å². The lowest BCUT2D eigenvalue weighted by molar-refractivity contribution is -0.362. The predicted molar refractivity (Wildman–Crippen MR) is 154 cm³/mol. The lowest BCUT2D eigenvalue weighted by Crippen LogP contribution is -2.65. The third-order valence-corrected chi connectivity index (χ3v) is 12.4. The molecular formula is C33H43F5O4S. The number of thioether (sulfide) groups is 1. The summed E-state index contributed by atoms with van der Waals surface area (Å²) >= 11 is 1.66. The summed E-state index contributed by atoms with van der Waals surface area (Å²) in [5, 5.41) is 23.8. The van der Waals surface area contributed by atoms with Crippen molar-refractivity contribution in [2.45, 2.75) is 119 Å². The number of fused-ring (bicyclic) bond motifs is 4. The molecule has 0 aromatic heterocycles. The van der Waals surface area contributed by atoms with Crippen LogP contribution in [-0.2, 0) is 9.47 Å². The molecule has 43 heavy (non-hydrogen) atoms. The number of aliphatic hydroxyl groups is 2. The van der Waals surface area contributed by atoms with Gasteiger partial charge in [-0.25, -0.2) is 0 Å². The molecule has 4 nitrogen and oxygen atoms in total. The summed E-state index contributed by atoms with van der Waals surface area (Å²) in [7, 11) is 0. The molecule has 2 unspecified atom stereocenters. The zero-order valence-corrected chi connectivity index (χ0v) is 26.1. The van der Waals surface area contributed by atoms with Crippen LogP contribution in [0.25, 0.3) is 0 Å². The van der Waals surface area contributed by atoms with Crippen LogP contribution in [0, 0.1) is 22.7 Å². The first-order valence-electron chi connectivity index (χ1n) is 15.5. The molecule has 3 saturated carbocycles. The van der Waals surface area contributed by atoms with Crippen molar-refractivity contribution in [2.75, 3.05) is 19.0 Å². The van der Waals surface area contributed by atoms with Crippen LogP contribution < -0.4 is 0 Å². The summed E-state index contributed by atoms with van der Waals surface area (Å²) in [6, 6.07) is 7.78. The molecule has 1 saturated heterocycles. The second-order valence-electron chi connectivity index (χ2n) is 14.7. The van der Waals surface area contributed by atoms with E-state index in [2.05, 4.69) is 13.8 Å². The van der Waals surface area contributed by atoms with E-state index in [0.717, 1.165) is 27.4 Å². The van der Waals surface area contributed by atoms with Crippen LogP contribution >= 0.6 is 11.8 Å². The maximum absolute atomic E-state index is 15.3. The van der Waals surface area contributed by atoms with E-state index in [-0.39, 0.29) is 30.6 Å². The van der Waals surface area contributed by atoms with Crippen molar-refractivity contribution < 1.29 is 41.6 Å². The van der Waals surface area contributed by atoms with Gasteiger partial charge in [0.05, 0.1) is 18.8 Å². The number of hydrogen-bond donors (Lipinski definition) is 2. The molecule has 6 atom stereocenters. The summed E-state index contributed by atoms with van der Waals surface area (Å²) in [5.74, 6) is -6.68. The molecule has 6 rings (SSSR count). The van der Waals surface area contributed by atoms with E-state index >= 15 is 8.78 Å². The van der Waals surface area contributed by atoms with Gasteiger partial charge in [-0.2, -0.15) is 22.0 Å². The molecule has 4 fully saturated rings. The molecule has 5 aliphatic rings. The van der Waals surface area contributed by atoms with E-state index < -0.39 is 52.8 Å². The molecule has 2 N–H and O–H groups in total. The first-order valence-corrected chi connectivity index (χ1v) is 16.5. The maximum Gasteiger partial charge on any atom is 0.456 e. The van der Waals surface area contributed by atoms with Crippen molar-refractivity contribution >= 4 is 11.8 Å². The smallest absolute Gasteiger partial charge is 0.385 e. The monoisotopic (exact) mass is 630 g/mol. The Labute approximate surface area is 254 Å². The normalized spacial score (nSPS) is 38.9. The third kappa shape index (κ3) is 4.74. The fraction of sp³-hybridized carbons (Fsp3) is 0.758. The quantitative estimate of drug-likeness (QED) is 0.201. The second kappa shape index (κ2) is 10.1. The minimum absolute atomic E-state index is 0.0577. The number of ether oxygens (including phenoxy) is 2. The second-order valence-corrected chi connectivity index (χ2v) is 16.0. The fourth-order valence-electron chi connectivity index (χ4n) is 9.27. The molecule has 0 amide bonds. The highest BCUT2D eigenvalue weighted by molar-refractivity contribution is 7.99. The van der Waals surface area contributed by atoms with Gasteiger partial charge < -0.3 is 19.7 Å². The van der Waals surface area contributed by atoms with Crippen LogP contribution in [0.2, 0.25) is 0 Å². The van der Waals surface area contributed by atoms with Crippen LogP contribution in [0.4, 0.5) is 22.0 Å².